The number of nitrogens with one attached hydrogen (secondary N) is 1. The molecule has 0 radical (unpaired) electrons. The van der Waals surface area contributed by atoms with E-state index < -0.39 is 5.91 Å². The van der Waals surface area contributed by atoms with Gasteiger partial charge in [-0.05, 0) is 17.7 Å². The Morgan fingerprint density at radius 1 is 1.23 bits per heavy atom. The molecule has 0 aliphatic heterocycles. The first-order chi connectivity index (χ1) is 12.6. The molecule has 1 heterocycles. The molecule has 26 heavy (non-hydrogen) atoms. The smallest absolute Gasteiger partial charge is 0.315 e. The number of hydrazone groups is 1. The molecule has 2 aromatic carbocycles. The van der Waals surface area contributed by atoms with Gasteiger partial charge in [0.1, 0.15) is 12.3 Å². The first kappa shape index (κ1) is 17.2. The molecule has 0 saturated heterocycles. The van der Waals surface area contributed by atoms with Crippen molar-refractivity contribution in [1.29, 1.82) is 0 Å². The van der Waals surface area contributed by atoms with Crippen LogP contribution in [0.25, 0.3) is 0 Å². The van der Waals surface area contributed by atoms with Gasteiger partial charge in [-0.3, -0.25) is 4.79 Å². The number of para-hydroxylation sites is 1. The largest absolute Gasteiger partial charge is 0.710 e. The van der Waals surface area contributed by atoms with E-state index in [4.69, 9.17) is 0 Å². The molecule has 3 aromatic rings. The maximum Gasteiger partial charge on any atom is 0.315 e. The van der Waals surface area contributed by atoms with E-state index >= 15 is 0 Å². The zero-order chi connectivity index (χ0) is 18.5. The van der Waals surface area contributed by atoms with Crippen molar-refractivity contribution >= 4 is 12.1 Å². The Hall–Kier alpha value is -3.61. The molecule has 0 unspecified atom stereocenters. The molecule has 2 N–H and O–H groups in total. The SMILES string of the molecule is Cc1c(C(=O)N/N=C/c2ccccc2O)[n+]([O-])cn1Cc1ccccc1. The lowest BCUT2D eigenvalue weighted by Crippen LogP contribution is -2.36. The Balaban J connectivity index is 1.74. The second-order valence-corrected chi connectivity index (χ2v) is 5.75. The molecule has 0 spiro atoms. The number of rotatable bonds is 5. The highest BCUT2D eigenvalue weighted by Crippen LogP contribution is 2.12. The third-order valence-electron chi connectivity index (χ3n) is 3.96. The molecule has 3 rings (SSSR count). The van der Waals surface area contributed by atoms with Crippen LogP contribution in [0.1, 0.15) is 27.3 Å². The minimum Gasteiger partial charge on any atom is -0.710 e. The van der Waals surface area contributed by atoms with E-state index in [-0.39, 0.29) is 11.4 Å². The molecule has 1 aromatic heterocycles. The van der Waals surface area contributed by atoms with Gasteiger partial charge < -0.3 is 10.3 Å². The molecule has 1 amide bonds. The van der Waals surface area contributed by atoms with Gasteiger partial charge in [0.05, 0.1) is 6.21 Å². The summed E-state index contributed by atoms with van der Waals surface area (Å²) in [7, 11) is 0. The normalized spacial score (nSPS) is 11.0. The second-order valence-electron chi connectivity index (χ2n) is 5.75. The summed E-state index contributed by atoms with van der Waals surface area (Å²) < 4.78 is 2.24. The van der Waals surface area contributed by atoms with Crippen LogP contribution in [0, 0.1) is 12.1 Å². The van der Waals surface area contributed by atoms with Crippen LogP contribution in [-0.4, -0.2) is 21.8 Å². The molecule has 0 aliphatic rings. The monoisotopic (exact) mass is 350 g/mol. The van der Waals surface area contributed by atoms with Gasteiger partial charge in [-0.2, -0.15) is 5.10 Å². The van der Waals surface area contributed by atoms with E-state index in [0.29, 0.717) is 22.5 Å². The zero-order valence-electron chi connectivity index (χ0n) is 14.2. The van der Waals surface area contributed by atoms with Crippen molar-refractivity contribution in [2.24, 2.45) is 5.10 Å². The Morgan fingerprint density at radius 2 is 1.92 bits per heavy atom. The Morgan fingerprint density at radius 3 is 2.65 bits per heavy atom. The van der Waals surface area contributed by atoms with Gasteiger partial charge in [0, 0.05) is 12.5 Å². The minimum absolute atomic E-state index is 0.0182. The molecule has 0 fully saturated rings. The van der Waals surface area contributed by atoms with Crippen LogP contribution in [0.15, 0.2) is 66.0 Å². The van der Waals surface area contributed by atoms with Gasteiger partial charge in [0.25, 0.3) is 0 Å². The van der Waals surface area contributed by atoms with Gasteiger partial charge in [0.15, 0.2) is 5.69 Å². The number of hydrogen-bond acceptors (Lipinski definition) is 4. The van der Waals surface area contributed by atoms with Gasteiger partial charge in [-0.15, -0.1) is 0 Å². The third kappa shape index (κ3) is 3.72. The number of benzene rings is 2. The average Bonchev–Trinajstić information content (AvgIpc) is 2.91. The lowest BCUT2D eigenvalue weighted by atomic mass is 10.2. The molecule has 0 saturated carbocycles. The fourth-order valence-electron chi connectivity index (χ4n) is 2.58. The second kappa shape index (κ2) is 7.52. The van der Waals surface area contributed by atoms with Crippen LogP contribution in [0.2, 0.25) is 0 Å². The number of carbonyl (C=O) groups excluding carboxylic acids is 1. The van der Waals surface area contributed by atoms with Crippen LogP contribution in [0.5, 0.6) is 5.75 Å². The number of aromatic nitrogens is 2. The first-order valence-electron chi connectivity index (χ1n) is 8.00. The van der Waals surface area contributed by atoms with Gasteiger partial charge in [0.2, 0.25) is 12.0 Å². The van der Waals surface area contributed by atoms with E-state index in [1.807, 2.05) is 30.3 Å². The zero-order valence-corrected chi connectivity index (χ0v) is 14.2. The summed E-state index contributed by atoms with van der Waals surface area (Å²) >= 11 is 0. The van der Waals surface area contributed by atoms with Gasteiger partial charge >= 0.3 is 5.91 Å². The number of hydrogen-bond donors (Lipinski definition) is 2. The number of phenolic OH excluding ortho intramolecular Hbond substituents is 1. The summed E-state index contributed by atoms with van der Waals surface area (Å²) in [6, 6.07) is 16.2. The Labute approximate surface area is 150 Å². The van der Waals surface area contributed by atoms with Gasteiger partial charge in [-0.25, -0.2) is 14.7 Å². The van der Waals surface area contributed by atoms with Crippen molar-refractivity contribution in [3.05, 3.63) is 88.6 Å². The summed E-state index contributed by atoms with van der Waals surface area (Å²) in [5.41, 5.74) is 4.32. The predicted octanol–water partition coefficient (Wildman–Crippen LogP) is 1.95. The van der Waals surface area contributed by atoms with Crippen LogP contribution in [-0.2, 0) is 6.54 Å². The molecular weight excluding hydrogens is 332 g/mol. The maximum absolute atomic E-state index is 12.3. The summed E-state index contributed by atoms with van der Waals surface area (Å²) in [6.45, 7) is 2.20. The summed E-state index contributed by atoms with van der Waals surface area (Å²) in [4.78, 5) is 12.3. The van der Waals surface area contributed by atoms with E-state index in [9.17, 15) is 15.1 Å². The van der Waals surface area contributed by atoms with Gasteiger partial charge in [-0.1, -0.05) is 42.5 Å². The van der Waals surface area contributed by atoms with E-state index in [1.165, 1.54) is 18.6 Å². The molecule has 132 valence electrons. The van der Waals surface area contributed by atoms with Crippen molar-refractivity contribution in [1.82, 2.24) is 9.99 Å². The molecule has 7 heteroatoms. The number of carbonyl (C=O) groups is 1. The summed E-state index contributed by atoms with van der Waals surface area (Å²) in [5.74, 6) is -0.564. The quantitative estimate of drug-likeness (QED) is 0.319. The number of aromatic hydroxyl groups is 1. The van der Waals surface area contributed by atoms with Crippen LogP contribution in [0.3, 0.4) is 0 Å². The lowest BCUT2D eigenvalue weighted by molar-refractivity contribution is -0.607. The van der Waals surface area contributed by atoms with Crippen molar-refractivity contribution in [3.63, 3.8) is 0 Å². The van der Waals surface area contributed by atoms with E-state index in [1.54, 1.807) is 29.7 Å². The highest BCUT2D eigenvalue weighted by Gasteiger charge is 2.23. The fourth-order valence-corrected chi connectivity index (χ4v) is 2.58. The maximum atomic E-state index is 12.3. The Kier molecular flexibility index (Phi) is 4.98. The third-order valence-corrected chi connectivity index (χ3v) is 3.96. The highest BCUT2D eigenvalue weighted by molar-refractivity contribution is 5.93. The summed E-state index contributed by atoms with van der Waals surface area (Å²) in [5, 5.41) is 25.6. The highest BCUT2D eigenvalue weighted by atomic mass is 16.5. The van der Waals surface area contributed by atoms with Crippen molar-refractivity contribution in [3.8, 4) is 5.75 Å². The first-order valence-corrected chi connectivity index (χ1v) is 8.00. The molecule has 0 bridgehead atoms. The Bertz CT molecular complexity index is 949. The van der Waals surface area contributed by atoms with E-state index in [0.717, 1.165) is 5.56 Å². The topological polar surface area (TPSA) is 93.6 Å². The number of amides is 1. The lowest BCUT2D eigenvalue weighted by Gasteiger charge is -2.02. The molecular formula is C19H18N4O3. The summed E-state index contributed by atoms with van der Waals surface area (Å²) in [6.07, 6.45) is 2.66. The molecule has 0 atom stereocenters. The number of nitrogens with zero attached hydrogens (tertiary/aromatic N) is 3. The number of phenols is 1. The standard InChI is InChI=1S/C19H18N4O3/c1-14-18(19(25)21-20-11-16-9-5-6-10-17(16)24)23(26)13-22(14)12-15-7-3-2-4-8-15/h2-11,13,24H,12H2,1H3,(H,21,25)/b20-11+. The van der Waals surface area contributed by atoms with Crippen molar-refractivity contribution in [2.75, 3.05) is 0 Å². The molecule has 0 aliphatic carbocycles. The van der Waals surface area contributed by atoms with E-state index in [2.05, 4.69) is 10.5 Å². The van der Waals surface area contributed by atoms with Crippen molar-refractivity contribution in [2.45, 2.75) is 13.5 Å². The average molecular weight is 350 g/mol. The fraction of sp³-hybridized carbons (Fsp3) is 0.105. The van der Waals surface area contributed by atoms with Crippen LogP contribution < -0.4 is 10.2 Å². The predicted molar refractivity (Wildman–Crippen MR) is 96.8 cm³/mol. The minimum atomic E-state index is -0.615. The van der Waals surface area contributed by atoms with Crippen LogP contribution >= 0.6 is 0 Å². The van der Waals surface area contributed by atoms with Crippen LogP contribution in [0.4, 0.5) is 0 Å². The van der Waals surface area contributed by atoms with Crippen molar-refractivity contribution < 1.29 is 14.6 Å². The molecule has 7 nitrogen and oxygen atoms in total. The number of imidazole rings is 1.